The molecule has 2 aromatic carbocycles. The molecule has 128 valence electrons. The van der Waals surface area contributed by atoms with Gasteiger partial charge in [0.15, 0.2) is 0 Å². The first-order valence-electron chi connectivity index (χ1n) is 6.64. The zero-order valence-electron chi connectivity index (χ0n) is 12.0. The molecule has 0 heterocycles. The first-order chi connectivity index (χ1) is 11.2. The second-order valence-electron chi connectivity index (χ2n) is 4.88. The molecule has 0 saturated heterocycles. The van der Waals surface area contributed by atoms with Crippen LogP contribution in [0.15, 0.2) is 51.8 Å². The maximum atomic E-state index is 12.4. The summed E-state index contributed by atoms with van der Waals surface area (Å²) in [6.45, 7) is 0. The fraction of sp³-hybridized carbons (Fsp3) is 0.133. The first kappa shape index (κ1) is 19.2. The minimum atomic E-state index is -4.02. The van der Waals surface area contributed by atoms with Crippen LogP contribution >= 0.6 is 39.1 Å². The third-order valence-corrected chi connectivity index (χ3v) is 6.23. The minimum Gasteiger partial charge on any atom is -0.480 e. The summed E-state index contributed by atoms with van der Waals surface area (Å²) < 4.78 is 27.4. The van der Waals surface area contributed by atoms with Gasteiger partial charge in [-0.3, -0.25) is 4.79 Å². The van der Waals surface area contributed by atoms with E-state index < -0.39 is 22.0 Å². The Kier molecular flexibility index (Phi) is 6.28. The quantitative estimate of drug-likeness (QED) is 0.699. The monoisotopic (exact) mass is 451 g/mol. The largest absolute Gasteiger partial charge is 0.480 e. The number of carboxylic acids is 1. The Labute approximate surface area is 157 Å². The van der Waals surface area contributed by atoms with Crippen LogP contribution in [0.1, 0.15) is 5.56 Å². The van der Waals surface area contributed by atoms with Gasteiger partial charge in [0.05, 0.1) is 4.90 Å². The average molecular weight is 453 g/mol. The fourth-order valence-electron chi connectivity index (χ4n) is 2.00. The highest BCUT2D eigenvalue weighted by atomic mass is 79.9. The van der Waals surface area contributed by atoms with Gasteiger partial charge in [-0.25, -0.2) is 8.42 Å². The van der Waals surface area contributed by atoms with E-state index in [1.165, 1.54) is 12.1 Å². The molecule has 0 radical (unpaired) electrons. The van der Waals surface area contributed by atoms with Gasteiger partial charge in [-0.2, -0.15) is 4.72 Å². The molecule has 2 rings (SSSR count). The molecule has 0 aliphatic carbocycles. The van der Waals surface area contributed by atoms with E-state index in [4.69, 9.17) is 23.2 Å². The Bertz CT molecular complexity index is 874. The normalized spacial score (nSPS) is 12.8. The van der Waals surface area contributed by atoms with Gasteiger partial charge in [0.25, 0.3) is 0 Å². The third-order valence-electron chi connectivity index (χ3n) is 3.16. The summed E-state index contributed by atoms with van der Waals surface area (Å²) in [6.07, 6.45) is -0.116. The lowest BCUT2D eigenvalue weighted by Gasteiger charge is -2.16. The number of rotatable bonds is 6. The van der Waals surface area contributed by atoms with Crippen LogP contribution in [0.4, 0.5) is 0 Å². The van der Waals surface area contributed by atoms with Crippen LogP contribution in [-0.4, -0.2) is 25.5 Å². The number of sulfonamides is 1. The van der Waals surface area contributed by atoms with Gasteiger partial charge in [-0.05, 0) is 45.8 Å². The zero-order valence-corrected chi connectivity index (χ0v) is 16.0. The Morgan fingerprint density at radius 3 is 2.46 bits per heavy atom. The second-order valence-corrected chi connectivity index (χ2v) is 8.26. The van der Waals surface area contributed by atoms with E-state index in [1.807, 2.05) is 0 Å². The molecule has 0 aromatic heterocycles. The molecule has 0 amide bonds. The van der Waals surface area contributed by atoms with E-state index in [9.17, 15) is 18.3 Å². The van der Waals surface area contributed by atoms with Crippen molar-refractivity contribution in [2.45, 2.75) is 17.4 Å². The Balaban J connectivity index is 2.29. The molecule has 0 fully saturated rings. The molecular formula is C15H12BrCl2NO4S. The van der Waals surface area contributed by atoms with E-state index in [-0.39, 0.29) is 16.3 Å². The highest BCUT2D eigenvalue weighted by molar-refractivity contribution is 9.10. The summed E-state index contributed by atoms with van der Waals surface area (Å²) in [5, 5.41) is 10.0. The predicted octanol–water partition coefficient (Wildman–Crippen LogP) is 3.73. The van der Waals surface area contributed by atoms with Crippen molar-refractivity contribution in [2.24, 2.45) is 0 Å². The molecule has 2 aromatic rings. The lowest BCUT2D eigenvalue weighted by molar-refractivity contribution is -0.138. The summed E-state index contributed by atoms with van der Waals surface area (Å²) in [7, 11) is -4.02. The van der Waals surface area contributed by atoms with Crippen molar-refractivity contribution < 1.29 is 18.3 Å². The number of carbonyl (C=O) groups is 1. The maximum absolute atomic E-state index is 12.4. The first-order valence-corrected chi connectivity index (χ1v) is 9.67. The molecule has 0 bridgehead atoms. The van der Waals surface area contributed by atoms with Gasteiger partial charge >= 0.3 is 5.97 Å². The second kappa shape index (κ2) is 7.84. The van der Waals surface area contributed by atoms with Gasteiger partial charge < -0.3 is 5.11 Å². The van der Waals surface area contributed by atoms with E-state index >= 15 is 0 Å². The molecule has 0 aliphatic rings. The molecule has 24 heavy (non-hydrogen) atoms. The molecule has 9 heteroatoms. The lowest BCUT2D eigenvalue weighted by Crippen LogP contribution is -2.42. The van der Waals surface area contributed by atoms with Crippen molar-refractivity contribution in [3.8, 4) is 0 Å². The number of hydrogen-bond acceptors (Lipinski definition) is 3. The highest BCUT2D eigenvalue weighted by Crippen LogP contribution is 2.24. The number of halogens is 3. The molecule has 1 atom stereocenters. The van der Waals surface area contributed by atoms with Crippen molar-refractivity contribution in [3.05, 3.63) is 62.5 Å². The van der Waals surface area contributed by atoms with Crippen molar-refractivity contribution in [1.29, 1.82) is 0 Å². The van der Waals surface area contributed by atoms with Gasteiger partial charge in [0.1, 0.15) is 6.04 Å². The number of hydrogen-bond donors (Lipinski definition) is 2. The number of carboxylic acid groups (broad SMARTS) is 1. The van der Waals surface area contributed by atoms with E-state index in [0.29, 0.717) is 15.1 Å². The van der Waals surface area contributed by atoms with Crippen molar-refractivity contribution in [1.82, 2.24) is 4.72 Å². The van der Waals surface area contributed by atoms with Crippen LogP contribution in [0.3, 0.4) is 0 Å². The van der Waals surface area contributed by atoms with Crippen molar-refractivity contribution in [3.63, 3.8) is 0 Å². The van der Waals surface area contributed by atoms with Crippen LogP contribution in [0.25, 0.3) is 0 Å². The summed E-state index contributed by atoms with van der Waals surface area (Å²) >= 11 is 15.0. The Hall–Kier alpha value is -1.12. The summed E-state index contributed by atoms with van der Waals surface area (Å²) in [5.74, 6) is -1.31. The minimum absolute atomic E-state index is 0.0431. The molecule has 0 spiro atoms. The molecule has 1 unspecified atom stereocenters. The zero-order chi connectivity index (χ0) is 17.9. The maximum Gasteiger partial charge on any atom is 0.322 e. The van der Waals surface area contributed by atoms with Crippen molar-refractivity contribution in [2.75, 3.05) is 0 Å². The SMILES string of the molecule is O=C(O)C(Cc1ccc(Cl)cc1Cl)NS(=O)(=O)c1ccccc1Br. The van der Waals surface area contributed by atoms with Crippen LogP contribution in [0.2, 0.25) is 10.0 Å². The lowest BCUT2D eigenvalue weighted by atomic mass is 10.1. The summed E-state index contributed by atoms with van der Waals surface area (Å²) in [4.78, 5) is 11.4. The average Bonchev–Trinajstić information content (AvgIpc) is 2.49. The number of benzene rings is 2. The molecule has 0 aliphatic heterocycles. The van der Waals surface area contributed by atoms with Gasteiger partial charge in [-0.1, -0.05) is 41.4 Å². The van der Waals surface area contributed by atoms with Crippen LogP contribution in [0.5, 0.6) is 0 Å². The molecule has 2 N–H and O–H groups in total. The highest BCUT2D eigenvalue weighted by Gasteiger charge is 2.27. The third kappa shape index (κ3) is 4.70. The topological polar surface area (TPSA) is 83.5 Å². The fourth-order valence-corrected chi connectivity index (χ4v) is 4.68. The number of nitrogens with one attached hydrogen (secondary N) is 1. The summed E-state index contributed by atoms with van der Waals surface area (Å²) in [5.41, 5.74) is 0.475. The van der Waals surface area contributed by atoms with Gasteiger partial charge in [0, 0.05) is 20.9 Å². The van der Waals surface area contributed by atoms with Crippen LogP contribution in [0, 0.1) is 0 Å². The molecule has 5 nitrogen and oxygen atoms in total. The van der Waals surface area contributed by atoms with Gasteiger partial charge in [-0.15, -0.1) is 0 Å². The van der Waals surface area contributed by atoms with Crippen LogP contribution in [-0.2, 0) is 21.2 Å². The Morgan fingerprint density at radius 2 is 1.88 bits per heavy atom. The predicted molar refractivity (Wildman–Crippen MR) is 96.1 cm³/mol. The van der Waals surface area contributed by atoms with Gasteiger partial charge in [0.2, 0.25) is 10.0 Å². The van der Waals surface area contributed by atoms with E-state index in [0.717, 1.165) is 0 Å². The van der Waals surface area contributed by atoms with E-state index in [2.05, 4.69) is 20.7 Å². The Morgan fingerprint density at radius 1 is 1.21 bits per heavy atom. The molecule has 0 saturated carbocycles. The van der Waals surface area contributed by atoms with Crippen molar-refractivity contribution >= 4 is 55.1 Å². The van der Waals surface area contributed by atoms with E-state index in [1.54, 1.807) is 30.3 Å². The standard InChI is InChI=1S/C15H12BrCl2NO4S/c16-11-3-1-2-4-14(11)24(22,23)19-13(15(20)21)7-9-5-6-10(17)8-12(9)18/h1-6,8,13,19H,7H2,(H,20,21). The smallest absolute Gasteiger partial charge is 0.322 e. The van der Waals surface area contributed by atoms with Crippen LogP contribution < -0.4 is 4.72 Å². The molecular weight excluding hydrogens is 441 g/mol. The number of aliphatic carboxylic acids is 1. The summed E-state index contributed by atoms with van der Waals surface area (Å²) in [6, 6.07) is 9.36.